The van der Waals surface area contributed by atoms with E-state index in [1.807, 2.05) is 24.1 Å². The predicted octanol–water partition coefficient (Wildman–Crippen LogP) is 4.44. The first-order chi connectivity index (χ1) is 9.13. The first-order valence-corrected chi connectivity index (χ1v) is 7.58. The molecule has 1 fully saturated rings. The number of halogens is 2. The topological polar surface area (TPSA) is 23.5 Å². The van der Waals surface area contributed by atoms with Crippen LogP contribution in [0, 0.1) is 5.92 Å². The maximum absolute atomic E-state index is 8.79. The van der Waals surface area contributed by atoms with Crippen LogP contribution in [-0.4, -0.2) is 30.3 Å². The Morgan fingerprint density at radius 3 is 2.05 bits per heavy atom. The molecule has 2 nitrogen and oxygen atoms in total. The van der Waals surface area contributed by atoms with Crippen LogP contribution < -0.4 is 0 Å². The highest BCUT2D eigenvalue weighted by atomic mass is 35.5. The van der Waals surface area contributed by atoms with Gasteiger partial charge in [-0.25, -0.2) is 0 Å². The van der Waals surface area contributed by atoms with Crippen LogP contribution in [0.3, 0.4) is 0 Å². The monoisotopic (exact) mass is 303 g/mol. The molecule has 0 unspecified atom stereocenters. The highest BCUT2D eigenvalue weighted by molar-refractivity contribution is 6.41. The molecular weight excluding hydrogens is 281 g/mol. The Morgan fingerprint density at radius 1 is 1.11 bits per heavy atom. The molecule has 1 N–H and O–H groups in total. The van der Waals surface area contributed by atoms with Crippen molar-refractivity contribution in [2.75, 3.05) is 20.3 Å². The summed E-state index contributed by atoms with van der Waals surface area (Å²) in [6.07, 6.45) is 6.93. The zero-order chi connectivity index (χ0) is 14.1. The van der Waals surface area contributed by atoms with Gasteiger partial charge in [0, 0.05) is 6.54 Å². The summed E-state index contributed by atoms with van der Waals surface area (Å²) in [5.41, 5.74) is 0. The van der Waals surface area contributed by atoms with Gasteiger partial charge in [0.1, 0.15) is 0 Å². The van der Waals surface area contributed by atoms with Crippen LogP contribution >= 0.6 is 23.2 Å². The zero-order valence-corrected chi connectivity index (χ0v) is 13.0. The molecule has 1 aliphatic rings. The molecule has 1 aromatic carbocycles. The number of rotatable bonds is 3. The fourth-order valence-corrected chi connectivity index (χ4v) is 2.58. The van der Waals surface area contributed by atoms with E-state index in [1.54, 1.807) is 12.1 Å². The Bertz CT molecular complexity index is 333. The minimum atomic E-state index is 0.205. The third-order valence-corrected chi connectivity index (χ3v) is 4.12. The van der Waals surface area contributed by atoms with Crippen molar-refractivity contribution >= 4 is 23.2 Å². The summed E-state index contributed by atoms with van der Waals surface area (Å²) < 4.78 is 0. The van der Waals surface area contributed by atoms with E-state index < -0.39 is 0 Å². The summed E-state index contributed by atoms with van der Waals surface area (Å²) in [5, 5.41) is 10.0. The molecule has 1 aliphatic carbocycles. The van der Waals surface area contributed by atoms with E-state index in [0.717, 1.165) is 12.5 Å². The zero-order valence-electron chi connectivity index (χ0n) is 11.5. The third kappa shape index (κ3) is 7.17. The standard InChI is InChI=1S/C9H19NO.C6H4Cl2/c1-10(8-11)7-9-5-3-2-4-6-9;7-5-3-1-2-4-6(5)8/h9,11H,2-8H2,1H3;1-4H. The highest BCUT2D eigenvalue weighted by Gasteiger charge is 2.14. The molecule has 0 atom stereocenters. The van der Waals surface area contributed by atoms with E-state index in [0.29, 0.717) is 10.0 Å². The van der Waals surface area contributed by atoms with Gasteiger partial charge in [0.15, 0.2) is 0 Å². The van der Waals surface area contributed by atoms with Gasteiger partial charge in [0.05, 0.1) is 16.8 Å². The molecule has 0 aromatic heterocycles. The van der Waals surface area contributed by atoms with Crippen LogP contribution in [-0.2, 0) is 0 Å². The van der Waals surface area contributed by atoms with Gasteiger partial charge in [-0.15, -0.1) is 0 Å². The minimum Gasteiger partial charge on any atom is -0.381 e. The molecule has 108 valence electrons. The minimum absolute atomic E-state index is 0.205. The number of hydrogen-bond donors (Lipinski definition) is 1. The van der Waals surface area contributed by atoms with E-state index in [2.05, 4.69) is 0 Å². The van der Waals surface area contributed by atoms with Gasteiger partial charge in [-0.2, -0.15) is 0 Å². The average Bonchev–Trinajstić information content (AvgIpc) is 2.44. The van der Waals surface area contributed by atoms with E-state index in [4.69, 9.17) is 28.3 Å². The molecule has 0 aliphatic heterocycles. The number of aliphatic hydroxyl groups is 1. The van der Waals surface area contributed by atoms with Gasteiger partial charge in [-0.3, -0.25) is 4.90 Å². The number of nitrogens with zero attached hydrogens (tertiary/aromatic N) is 1. The molecule has 0 heterocycles. The maximum Gasteiger partial charge on any atom is 0.0954 e. The third-order valence-electron chi connectivity index (χ3n) is 3.36. The van der Waals surface area contributed by atoms with Crippen molar-refractivity contribution in [1.82, 2.24) is 4.90 Å². The van der Waals surface area contributed by atoms with Crippen molar-refractivity contribution in [3.8, 4) is 0 Å². The lowest BCUT2D eigenvalue weighted by Gasteiger charge is -2.25. The quantitative estimate of drug-likeness (QED) is 0.834. The largest absolute Gasteiger partial charge is 0.381 e. The van der Waals surface area contributed by atoms with Crippen LogP contribution in [0.25, 0.3) is 0 Å². The number of aliphatic hydroxyl groups excluding tert-OH is 1. The van der Waals surface area contributed by atoms with Crippen molar-refractivity contribution in [3.63, 3.8) is 0 Å². The molecule has 1 saturated carbocycles. The second kappa shape index (κ2) is 9.60. The predicted molar refractivity (Wildman–Crippen MR) is 82.8 cm³/mol. The van der Waals surface area contributed by atoms with Crippen molar-refractivity contribution in [2.24, 2.45) is 5.92 Å². The smallest absolute Gasteiger partial charge is 0.0954 e. The summed E-state index contributed by atoms with van der Waals surface area (Å²) in [7, 11) is 1.98. The summed E-state index contributed by atoms with van der Waals surface area (Å²) >= 11 is 11.2. The average molecular weight is 304 g/mol. The molecule has 0 radical (unpaired) electrons. The highest BCUT2D eigenvalue weighted by Crippen LogP contribution is 2.23. The van der Waals surface area contributed by atoms with Crippen LogP contribution in [0.2, 0.25) is 10.0 Å². The second-order valence-electron chi connectivity index (χ2n) is 5.10. The van der Waals surface area contributed by atoms with Gasteiger partial charge in [-0.1, -0.05) is 54.6 Å². The number of hydrogen-bond acceptors (Lipinski definition) is 2. The lowest BCUT2D eigenvalue weighted by Crippen LogP contribution is -2.27. The molecule has 0 saturated heterocycles. The van der Waals surface area contributed by atoms with Gasteiger partial charge in [0.2, 0.25) is 0 Å². The molecule has 1 aromatic rings. The Hall–Kier alpha value is -0.280. The molecule has 0 amide bonds. The molecule has 0 bridgehead atoms. The van der Waals surface area contributed by atoms with Gasteiger partial charge in [0.25, 0.3) is 0 Å². The van der Waals surface area contributed by atoms with Crippen molar-refractivity contribution in [1.29, 1.82) is 0 Å². The SMILES string of the molecule is CN(CO)CC1CCCCC1.Clc1ccccc1Cl. The van der Waals surface area contributed by atoms with Gasteiger partial charge >= 0.3 is 0 Å². The van der Waals surface area contributed by atoms with Crippen molar-refractivity contribution < 1.29 is 5.11 Å². The Labute approximate surface area is 126 Å². The van der Waals surface area contributed by atoms with E-state index in [-0.39, 0.29) is 6.73 Å². The van der Waals surface area contributed by atoms with Gasteiger partial charge < -0.3 is 5.11 Å². The molecule has 19 heavy (non-hydrogen) atoms. The fraction of sp³-hybridized carbons (Fsp3) is 0.600. The van der Waals surface area contributed by atoms with E-state index in [1.165, 1.54) is 32.1 Å². The fourth-order valence-electron chi connectivity index (χ4n) is 2.31. The summed E-state index contributed by atoms with van der Waals surface area (Å²) in [4.78, 5) is 2.00. The normalized spacial score (nSPS) is 16.1. The van der Waals surface area contributed by atoms with E-state index in [9.17, 15) is 0 Å². The molecule has 4 heteroatoms. The molecular formula is C15H23Cl2NO. The van der Waals surface area contributed by atoms with Crippen LogP contribution in [0.1, 0.15) is 32.1 Å². The first kappa shape index (κ1) is 16.8. The summed E-state index contributed by atoms with van der Waals surface area (Å²) in [6, 6.07) is 7.19. The van der Waals surface area contributed by atoms with Crippen molar-refractivity contribution in [3.05, 3.63) is 34.3 Å². The maximum atomic E-state index is 8.79. The lowest BCUT2D eigenvalue weighted by molar-refractivity contribution is 0.108. The summed E-state index contributed by atoms with van der Waals surface area (Å²) in [5.74, 6) is 0.848. The van der Waals surface area contributed by atoms with Crippen LogP contribution in [0.5, 0.6) is 0 Å². The van der Waals surface area contributed by atoms with Crippen LogP contribution in [0.15, 0.2) is 24.3 Å². The van der Waals surface area contributed by atoms with Crippen LogP contribution in [0.4, 0.5) is 0 Å². The Morgan fingerprint density at radius 2 is 1.63 bits per heavy atom. The van der Waals surface area contributed by atoms with Crippen molar-refractivity contribution in [2.45, 2.75) is 32.1 Å². The second-order valence-corrected chi connectivity index (χ2v) is 5.91. The first-order valence-electron chi connectivity index (χ1n) is 6.83. The van der Waals surface area contributed by atoms with Gasteiger partial charge in [-0.05, 0) is 37.9 Å². The summed E-state index contributed by atoms with van der Waals surface area (Å²) in [6.45, 7) is 1.28. The molecule has 2 rings (SSSR count). The Balaban J connectivity index is 0.000000200. The van der Waals surface area contributed by atoms with E-state index >= 15 is 0 Å². The Kier molecular flexibility index (Phi) is 8.47. The number of benzene rings is 1. The molecule has 0 spiro atoms. The lowest BCUT2D eigenvalue weighted by atomic mass is 9.89.